The molecule has 142 valence electrons. The topological polar surface area (TPSA) is 116 Å². The van der Waals surface area contributed by atoms with Crippen molar-refractivity contribution in [1.82, 2.24) is 0 Å². The van der Waals surface area contributed by atoms with Crippen LogP contribution in [-0.4, -0.2) is 29.1 Å². The van der Waals surface area contributed by atoms with Gasteiger partial charge < -0.3 is 14.6 Å². The molecule has 0 saturated carbocycles. The number of carboxylic acid groups (broad SMARTS) is 1. The van der Waals surface area contributed by atoms with Crippen LogP contribution in [-0.2, 0) is 27.4 Å². The van der Waals surface area contributed by atoms with Gasteiger partial charge in [0.2, 0.25) is 0 Å². The van der Waals surface area contributed by atoms with Crippen LogP contribution in [0.5, 0.6) is 5.75 Å². The molecule has 27 heavy (non-hydrogen) atoms. The minimum absolute atomic E-state index is 0.0180. The van der Waals surface area contributed by atoms with Crippen molar-refractivity contribution in [2.24, 2.45) is 5.92 Å². The molecular formula is C19H19NO7. The molecule has 0 saturated heterocycles. The highest BCUT2D eigenvalue weighted by atomic mass is 16.6. The van der Waals surface area contributed by atoms with E-state index in [1.54, 1.807) is 12.1 Å². The smallest absolute Gasteiger partial charge is 0.310 e. The van der Waals surface area contributed by atoms with Gasteiger partial charge >= 0.3 is 17.6 Å². The summed E-state index contributed by atoms with van der Waals surface area (Å²) in [5, 5.41) is 20.3. The van der Waals surface area contributed by atoms with Gasteiger partial charge in [-0.2, -0.15) is 0 Å². The minimum Gasteiger partial charge on any atom is -0.490 e. The predicted octanol–water partition coefficient (Wildman–Crippen LogP) is 2.98. The molecule has 0 heterocycles. The van der Waals surface area contributed by atoms with Crippen LogP contribution in [0.2, 0.25) is 0 Å². The van der Waals surface area contributed by atoms with E-state index in [1.165, 1.54) is 25.3 Å². The molecule has 0 aliphatic heterocycles. The van der Waals surface area contributed by atoms with Gasteiger partial charge in [0.1, 0.15) is 6.61 Å². The number of carbonyl (C=O) groups is 2. The van der Waals surface area contributed by atoms with Crippen LogP contribution in [0.1, 0.15) is 17.5 Å². The Morgan fingerprint density at radius 2 is 1.85 bits per heavy atom. The number of nitro groups is 1. The van der Waals surface area contributed by atoms with E-state index >= 15 is 0 Å². The van der Waals surface area contributed by atoms with E-state index in [2.05, 4.69) is 0 Å². The fourth-order valence-corrected chi connectivity index (χ4v) is 2.53. The van der Waals surface area contributed by atoms with Gasteiger partial charge in [0, 0.05) is 6.07 Å². The van der Waals surface area contributed by atoms with Crippen LogP contribution < -0.4 is 4.74 Å². The summed E-state index contributed by atoms with van der Waals surface area (Å²) in [5.74, 6) is -2.75. The van der Waals surface area contributed by atoms with Gasteiger partial charge in [0.15, 0.2) is 5.75 Å². The van der Waals surface area contributed by atoms with Crippen LogP contribution in [0.4, 0.5) is 5.69 Å². The molecule has 0 bridgehead atoms. The Morgan fingerprint density at radius 1 is 1.15 bits per heavy atom. The third kappa shape index (κ3) is 5.81. The van der Waals surface area contributed by atoms with Gasteiger partial charge in [-0.05, 0) is 23.6 Å². The van der Waals surface area contributed by atoms with Gasteiger partial charge in [-0.3, -0.25) is 19.7 Å². The zero-order valence-electron chi connectivity index (χ0n) is 14.7. The maximum atomic E-state index is 12.0. The van der Waals surface area contributed by atoms with Crippen molar-refractivity contribution in [1.29, 1.82) is 0 Å². The molecule has 2 aromatic carbocycles. The Labute approximate surface area is 155 Å². The van der Waals surface area contributed by atoms with Gasteiger partial charge in [0.25, 0.3) is 0 Å². The number of carboxylic acids is 1. The zero-order valence-corrected chi connectivity index (χ0v) is 14.7. The molecule has 2 aromatic rings. The lowest BCUT2D eigenvalue weighted by Gasteiger charge is -2.13. The van der Waals surface area contributed by atoms with E-state index in [4.69, 9.17) is 9.47 Å². The molecule has 0 aromatic heterocycles. The van der Waals surface area contributed by atoms with Crippen LogP contribution in [0.15, 0.2) is 48.5 Å². The number of aliphatic carboxylic acids is 1. The van der Waals surface area contributed by atoms with E-state index in [9.17, 15) is 24.8 Å². The minimum atomic E-state index is -1.15. The van der Waals surface area contributed by atoms with Crippen molar-refractivity contribution >= 4 is 17.6 Å². The summed E-state index contributed by atoms with van der Waals surface area (Å²) in [6, 6.07) is 13.2. The molecule has 0 fully saturated rings. The Bertz CT molecular complexity index is 820. The highest BCUT2D eigenvalue weighted by Crippen LogP contribution is 2.29. The van der Waals surface area contributed by atoms with Gasteiger partial charge in [0.05, 0.1) is 24.4 Å². The summed E-state index contributed by atoms with van der Waals surface area (Å²) in [4.78, 5) is 33.8. The first-order chi connectivity index (χ1) is 12.9. The zero-order chi connectivity index (χ0) is 19.8. The highest BCUT2D eigenvalue weighted by Gasteiger charge is 2.24. The summed E-state index contributed by atoms with van der Waals surface area (Å²) < 4.78 is 10.1. The maximum absolute atomic E-state index is 12.0. The quantitative estimate of drug-likeness (QED) is 0.408. The lowest BCUT2D eigenvalue weighted by molar-refractivity contribution is -0.385. The molecule has 2 rings (SSSR count). The third-order valence-electron chi connectivity index (χ3n) is 3.93. The monoisotopic (exact) mass is 373 g/mol. The van der Waals surface area contributed by atoms with Crippen LogP contribution in [0, 0.1) is 16.0 Å². The molecule has 1 unspecified atom stereocenters. The van der Waals surface area contributed by atoms with Crippen molar-refractivity contribution in [3.63, 3.8) is 0 Å². The molecule has 0 aliphatic rings. The highest BCUT2D eigenvalue weighted by molar-refractivity contribution is 5.79. The summed E-state index contributed by atoms with van der Waals surface area (Å²) in [5.41, 5.74) is 1.11. The first-order valence-electron chi connectivity index (χ1n) is 8.14. The summed E-state index contributed by atoms with van der Waals surface area (Å²) in [7, 11) is 1.29. The first-order valence-corrected chi connectivity index (χ1v) is 8.14. The second-order valence-electron chi connectivity index (χ2n) is 5.85. The number of nitro benzene ring substituents is 1. The second kappa shape index (κ2) is 9.33. The average Bonchev–Trinajstić information content (AvgIpc) is 2.66. The number of esters is 1. The Kier molecular flexibility index (Phi) is 6.87. The normalized spacial score (nSPS) is 11.4. The Hall–Kier alpha value is -3.42. The van der Waals surface area contributed by atoms with Crippen molar-refractivity contribution in [2.75, 3.05) is 7.11 Å². The number of hydrogen-bond acceptors (Lipinski definition) is 6. The summed E-state index contributed by atoms with van der Waals surface area (Å²) in [6.07, 6.45) is -0.286. The molecule has 1 N–H and O–H groups in total. The van der Waals surface area contributed by atoms with Crippen molar-refractivity contribution in [3.8, 4) is 5.75 Å². The fourth-order valence-electron chi connectivity index (χ4n) is 2.53. The SMILES string of the molecule is COc1cc(CC(CC(=O)OCc2ccccc2)C(=O)O)ccc1[N+](=O)[O-]. The molecule has 0 aliphatic carbocycles. The number of benzene rings is 2. The van der Waals surface area contributed by atoms with Crippen LogP contribution >= 0.6 is 0 Å². The molecule has 1 atom stereocenters. The van der Waals surface area contributed by atoms with E-state index < -0.39 is 22.8 Å². The summed E-state index contributed by atoms with van der Waals surface area (Å²) >= 11 is 0. The van der Waals surface area contributed by atoms with Gasteiger partial charge in [-0.25, -0.2) is 0 Å². The summed E-state index contributed by atoms with van der Waals surface area (Å²) in [6.45, 7) is 0.0668. The van der Waals surface area contributed by atoms with E-state index in [0.717, 1.165) is 5.56 Å². The van der Waals surface area contributed by atoms with Gasteiger partial charge in [-0.1, -0.05) is 36.4 Å². The second-order valence-corrected chi connectivity index (χ2v) is 5.85. The van der Waals surface area contributed by atoms with E-state index in [0.29, 0.717) is 5.56 Å². The first kappa shape index (κ1) is 19.9. The number of carbonyl (C=O) groups excluding carboxylic acids is 1. The van der Waals surface area contributed by atoms with Gasteiger partial charge in [-0.15, -0.1) is 0 Å². The van der Waals surface area contributed by atoms with Crippen LogP contribution in [0.3, 0.4) is 0 Å². The predicted molar refractivity (Wildman–Crippen MR) is 95.3 cm³/mol. The van der Waals surface area contributed by atoms with Crippen molar-refractivity contribution in [2.45, 2.75) is 19.4 Å². The van der Waals surface area contributed by atoms with E-state index in [-0.39, 0.29) is 30.9 Å². The number of nitrogens with zero attached hydrogens (tertiary/aromatic N) is 1. The lowest BCUT2D eigenvalue weighted by atomic mass is 9.96. The third-order valence-corrected chi connectivity index (χ3v) is 3.93. The molecule has 0 amide bonds. The largest absolute Gasteiger partial charge is 0.490 e. The molecule has 8 heteroatoms. The lowest BCUT2D eigenvalue weighted by Crippen LogP contribution is -2.21. The standard InChI is InChI=1S/C19H19NO7/c1-26-17-10-14(7-8-16(17)20(24)25)9-15(19(22)23)11-18(21)27-12-13-5-3-2-4-6-13/h2-8,10,15H,9,11-12H2,1H3,(H,22,23). The Morgan fingerprint density at radius 3 is 2.44 bits per heavy atom. The number of rotatable bonds is 9. The maximum Gasteiger partial charge on any atom is 0.310 e. The molecular weight excluding hydrogens is 354 g/mol. The Balaban J connectivity index is 2.01. The fraction of sp³-hybridized carbons (Fsp3) is 0.263. The van der Waals surface area contributed by atoms with Crippen molar-refractivity contribution in [3.05, 3.63) is 69.8 Å². The number of hydrogen-bond donors (Lipinski definition) is 1. The molecule has 8 nitrogen and oxygen atoms in total. The van der Waals surface area contributed by atoms with Crippen LogP contribution in [0.25, 0.3) is 0 Å². The number of ether oxygens (including phenoxy) is 2. The van der Waals surface area contributed by atoms with E-state index in [1.807, 2.05) is 18.2 Å². The number of methoxy groups -OCH3 is 1. The molecule has 0 spiro atoms. The molecule has 0 radical (unpaired) electrons. The van der Waals surface area contributed by atoms with Crippen molar-refractivity contribution < 1.29 is 29.1 Å². The average molecular weight is 373 g/mol.